The van der Waals surface area contributed by atoms with Gasteiger partial charge in [0.2, 0.25) is 0 Å². The van der Waals surface area contributed by atoms with Crippen LogP contribution in [0.15, 0.2) is 24.3 Å². The van der Waals surface area contributed by atoms with E-state index in [0.717, 1.165) is 59.9 Å². The molecule has 0 bridgehead atoms. The van der Waals surface area contributed by atoms with Crippen molar-refractivity contribution >= 4 is 27.8 Å². The zero-order valence-corrected chi connectivity index (χ0v) is 13.4. The molecule has 3 aromatic rings. The molecule has 0 unspecified atom stereocenters. The van der Waals surface area contributed by atoms with Crippen molar-refractivity contribution in [2.24, 2.45) is 0 Å². The topological polar surface area (TPSA) is 77.0 Å². The summed E-state index contributed by atoms with van der Waals surface area (Å²) in [6.07, 6.45) is 4.69. The van der Waals surface area contributed by atoms with E-state index in [1.165, 1.54) is 0 Å². The zero-order valence-electron chi connectivity index (χ0n) is 13.4. The van der Waals surface area contributed by atoms with Crippen molar-refractivity contribution in [2.75, 3.05) is 5.73 Å². The second-order valence-corrected chi connectivity index (χ2v) is 6.65. The SMILES string of the molecule is CCCc1nc2c(N)nc3ccccc3c2n1CC1(O)CCC1. The molecule has 23 heavy (non-hydrogen) atoms. The first-order valence-corrected chi connectivity index (χ1v) is 8.37. The van der Waals surface area contributed by atoms with Gasteiger partial charge in [-0.2, -0.15) is 0 Å². The van der Waals surface area contributed by atoms with Gasteiger partial charge in [0.25, 0.3) is 0 Å². The van der Waals surface area contributed by atoms with E-state index in [-0.39, 0.29) is 0 Å². The lowest BCUT2D eigenvalue weighted by Gasteiger charge is -2.37. The highest BCUT2D eigenvalue weighted by molar-refractivity contribution is 6.06. The summed E-state index contributed by atoms with van der Waals surface area (Å²) in [5.74, 6) is 1.46. The molecule has 0 amide bonds. The standard InChI is InChI=1S/C18H22N4O/c1-2-6-14-21-15-16(22(14)11-18(23)9-5-10-18)12-7-3-4-8-13(12)20-17(15)19/h3-4,7-8,23H,2,5-6,9-11H2,1H3,(H2,19,20). The number of nitrogens with zero attached hydrogens (tertiary/aromatic N) is 3. The number of pyridine rings is 1. The van der Waals surface area contributed by atoms with Crippen LogP contribution in [0, 0.1) is 0 Å². The third-order valence-electron chi connectivity index (χ3n) is 4.90. The molecule has 5 heteroatoms. The summed E-state index contributed by atoms with van der Waals surface area (Å²) in [7, 11) is 0. The molecule has 0 atom stereocenters. The largest absolute Gasteiger partial charge is 0.388 e. The van der Waals surface area contributed by atoms with Gasteiger partial charge in [-0.15, -0.1) is 0 Å². The number of fused-ring (bicyclic) bond motifs is 3. The molecule has 0 spiro atoms. The Balaban J connectivity index is 2.01. The Bertz CT molecular complexity index is 879. The van der Waals surface area contributed by atoms with Crippen LogP contribution in [0.3, 0.4) is 0 Å². The van der Waals surface area contributed by atoms with E-state index in [4.69, 9.17) is 10.7 Å². The number of hydrogen-bond acceptors (Lipinski definition) is 4. The fourth-order valence-electron chi connectivity index (χ4n) is 3.53. The Morgan fingerprint density at radius 2 is 2.04 bits per heavy atom. The predicted molar refractivity (Wildman–Crippen MR) is 92.2 cm³/mol. The summed E-state index contributed by atoms with van der Waals surface area (Å²) < 4.78 is 2.18. The number of nitrogen functional groups attached to an aromatic ring is 1. The minimum Gasteiger partial charge on any atom is -0.388 e. The lowest BCUT2D eigenvalue weighted by Crippen LogP contribution is -2.41. The van der Waals surface area contributed by atoms with Crippen LogP contribution >= 0.6 is 0 Å². The van der Waals surface area contributed by atoms with E-state index < -0.39 is 5.60 Å². The van der Waals surface area contributed by atoms with Gasteiger partial charge in [0, 0.05) is 11.8 Å². The van der Waals surface area contributed by atoms with Gasteiger partial charge >= 0.3 is 0 Å². The third-order valence-corrected chi connectivity index (χ3v) is 4.90. The molecule has 1 saturated carbocycles. The van der Waals surface area contributed by atoms with E-state index in [2.05, 4.69) is 22.5 Å². The van der Waals surface area contributed by atoms with Crippen molar-refractivity contribution in [3.63, 3.8) is 0 Å². The summed E-state index contributed by atoms with van der Waals surface area (Å²) in [6, 6.07) is 8.01. The number of aromatic nitrogens is 3. The van der Waals surface area contributed by atoms with Gasteiger partial charge < -0.3 is 15.4 Å². The smallest absolute Gasteiger partial charge is 0.152 e. The average molecular weight is 310 g/mol. The quantitative estimate of drug-likeness (QED) is 0.776. The van der Waals surface area contributed by atoms with Crippen LogP contribution < -0.4 is 5.73 Å². The van der Waals surface area contributed by atoms with E-state index in [0.29, 0.717) is 12.4 Å². The summed E-state index contributed by atoms with van der Waals surface area (Å²) in [6.45, 7) is 2.73. The molecule has 4 rings (SSSR count). The first kappa shape index (κ1) is 14.5. The van der Waals surface area contributed by atoms with E-state index in [1.54, 1.807) is 0 Å². The highest BCUT2D eigenvalue weighted by atomic mass is 16.3. The Morgan fingerprint density at radius 1 is 1.26 bits per heavy atom. The van der Waals surface area contributed by atoms with Gasteiger partial charge in [-0.05, 0) is 31.7 Å². The van der Waals surface area contributed by atoms with Gasteiger partial charge in [-0.25, -0.2) is 9.97 Å². The van der Waals surface area contributed by atoms with Crippen LogP contribution in [0.1, 0.15) is 38.4 Å². The maximum atomic E-state index is 10.7. The molecule has 2 aromatic heterocycles. The number of nitrogens with two attached hydrogens (primary N) is 1. The molecule has 1 aromatic carbocycles. The second-order valence-electron chi connectivity index (χ2n) is 6.65. The molecule has 0 saturated heterocycles. The predicted octanol–water partition coefficient (Wildman–Crippen LogP) is 3.03. The molecule has 5 nitrogen and oxygen atoms in total. The molecule has 0 radical (unpaired) electrons. The van der Waals surface area contributed by atoms with Crippen molar-refractivity contribution in [1.29, 1.82) is 0 Å². The average Bonchev–Trinajstić information content (AvgIpc) is 2.86. The fraction of sp³-hybridized carbons (Fsp3) is 0.444. The summed E-state index contributed by atoms with van der Waals surface area (Å²) >= 11 is 0. The highest BCUT2D eigenvalue weighted by Gasteiger charge is 2.36. The molecule has 1 aliphatic carbocycles. The number of benzene rings is 1. The lowest BCUT2D eigenvalue weighted by molar-refractivity contribution is -0.0469. The molecular weight excluding hydrogens is 288 g/mol. The number of aliphatic hydroxyl groups is 1. The maximum Gasteiger partial charge on any atom is 0.152 e. The number of hydrogen-bond donors (Lipinski definition) is 2. The zero-order chi connectivity index (χ0) is 16.0. The highest BCUT2D eigenvalue weighted by Crippen LogP contribution is 2.36. The van der Waals surface area contributed by atoms with Crippen LogP contribution in [0.2, 0.25) is 0 Å². The molecule has 2 heterocycles. The van der Waals surface area contributed by atoms with Crippen LogP contribution in [0.5, 0.6) is 0 Å². The van der Waals surface area contributed by atoms with Crippen molar-refractivity contribution in [3.05, 3.63) is 30.1 Å². The first-order valence-electron chi connectivity index (χ1n) is 8.37. The number of imidazole rings is 1. The van der Waals surface area contributed by atoms with E-state index in [1.807, 2.05) is 18.2 Å². The van der Waals surface area contributed by atoms with Gasteiger partial charge in [0.15, 0.2) is 5.82 Å². The van der Waals surface area contributed by atoms with Crippen molar-refractivity contribution in [2.45, 2.75) is 51.2 Å². The normalized spacial score (nSPS) is 16.8. The Kier molecular flexibility index (Phi) is 3.27. The summed E-state index contributed by atoms with van der Waals surface area (Å²) in [4.78, 5) is 9.25. The fourth-order valence-corrected chi connectivity index (χ4v) is 3.53. The van der Waals surface area contributed by atoms with Gasteiger partial charge in [-0.3, -0.25) is 0 Å². The number of para-hydroxylation sites is 1. The third kappa shape index (κ3) is 2.27. The number of aryl methyl sites for hydroxylation is 1. The van der Waals surface area contributed by atoms with Gasteiger partial charge in [-0.1, -0.05) is 25.1 Å². The monoisotopic (exact) mass is 310 g/mol. The number of anilines is 1. The molecule has 1 aliphatic rings. The maximum absolute atomic E-state index is 10.7. The number of rotatable bonds is 4. The Labute approximate surface area is 135 Å². The van der Waals surface area contributed by atoms with Crippen LogP contribution in [-0.2, 0) is 13.0 Å². The molecule has 120 valence electrons. The van der Waals surface area contributed by atoms with Crippen molar-refractivity contribution in [3.8, 4) is 0 Å². The van der Waals surface area contributed by atoms with Crippen molar-refractivity contribution < 1.29 is 5.11 Å². The second kappa shape index (κ2) is 5.20. The van der Waals surface area contributed by atoms with Crippen LogP contribution in [0.25, 0.3) is 21.9 Å². The molecule has 0 aliphatic heterocycles. The Hall–Kier alpha value is -2.14. The first-order chi connectivity index (χ1) is 11.1. The Morgan fingerprint density at radius 3 is 2.74 bits per heavy atom. The van der Waals surface area contributed by atoms with Crippen LogP contribution in [-0.4, -0.2) is 25.2 Å². The minimum atomic E-state index is -0.602. The molecule has 3 N–H and O–H groups in total. The minimum absolute atomic E-state index is 0.468. The van der Waals surface area contributed by atoms with Gasteiger partial charge in [0.05, 0.1) is 23.2 Å². The van der Waals surface area contributed by atoms with Gasteiger partial charge in [0.1, 0.15) is 11.3 Å². The van der Waals surface area contributed by atoms with Crippen molar-refractivity contribution in [1.82, 2.24) is 14.5 Å². The van der Waals surface area contributed by atoms with Crippen LogP contribution in [0.4, 0.5) is 5.82 Å². The van der Waals surface area contributed by atoms with E-state index in [9.17, 15) is 5.11 Å². The molecule has 1 fully saturated rings. The summed E-state index contributed by atoms with van der Waals surface area (Å²) in [5.41, 5.74) is 8.21. The lowest BCUT2D eigenvalue weighted by atomic mass is 9.80. The summed E-state index contributed by atoms with van der Waals surface area (Å²) in [5, 5.41) is 11.7. The molecular formula is C18H22N4O. The van der Waals surface area contributed by atoms with E-state index >= 15 is 0 Å².